The summed E-state index contributed by atoms with van der Waals surface area (Å²) in [6, 6.07) is 5.76. The number of nitrogens with zero attached hydrogens (tertiary/aromatic N) is 1. The van der Waals surface area contributed by atoms with Gasteiger partial charge in [-0.2, -0.15) is 0 Å². The van der Waals surface area contributed by atoms with Crippen LogP contribution in [0.1, 0.15) is 11.1 Å². The summed E-state index contributed by atoms with van der Waals surface area (Å²) in [5.74, 6) is -2.22. The van der Waals surface area contributed by atoms with Crippen LogP contribution < -0.4 is 4.90 Å². The van der Waals surface area contributed by atoms with Gasteiger partial charge in [0.15, 0.2) is 5.92 Å². The molecule has 16 heavy (non-hydrogen) atoms. The molecule has 1 atom stereocenters. The number of benzene rings is 1. The Kier molecular flexibility index (Phi) is 2.42. The highest BCUT2D eigenvalue weighted by Gasteiger charge is 2.43. The van der Waals surface area contributed by atoms with Crippen molar-refractivity contribution >= 4 is 17.6 Å². The predicted molar refractivity (Wildman–Crippen MR) is 59.4 cm³/mol. The van der Waals surface area contributed by atoms with Crippen LogP contribution in [-0.2, 0) is 9.59 Å². The van der Waals surface area contributed by atoms with E-state index in [4.69, 9.17) is 5.11 Å². The van der Waals surface area contributed by atoms with Crippen molar-refractivity contribution in [1.29, 1.82) is 0 Å². The molecule has 1 aliphatic rings. The minimum atomic E-state index is -1.04. The monoisotopic (exact) mass is 219 g/mol. The van der Waals surface area contributed by atoms with E-state index >= 15 is 0 Å². The first-order valence-electron chi connectivity index (χ1n) is 5.12. The fourth-order valence-electron chi connectivity index (χ4n) is 1.94. The molecule has 1 unspecified atom stereocenters. The van der Waals surface area contributed by atoms with E-state index in [2.05, 4.69) is 0 Å². The maximum atomic E-state index is 11.6. The van der Waals surface area contributed by atoms with Crippen molar-refractivity contribution in [3.63, 3.8) is 0 Å². The van der Waals surface area contributed by atoms with Crippen molar-refractivity contribution in [1.82, 2.24) is 0 Å². The van der Waals surface area contributed by atoms with Gasteiger partial charge in [-0.1, -0.05) is 17.7 Å². The summed E-state index contributed by atoms with van der Waals surface area (Å²) >= 11 is 0. The van der Waals surface area contributed by atoms with E-state index in [-0.39, 0.29) is 12.5 Å². The number of anilines is 1. The molecule has 1 saturated heterocycles. The highest BCUT2D eigenvalue weighted by Crippen LogP contribution is 2.29. The lowest BCUT2D eigenvalue weighted by Crippen LogP contribution is -2.56. The number of carboxylic acids is 1. The topological polar surface area (TPSA) is 57.6 Å². The highest BCUT2D eigenvalue weighted by molar-refractivity contribution is 6.12. The Hall–Kier alpha value is -1.84. The zero-order valence-electron chi connectivity index (χ0n) is 9.23. The molecule has 84 valence electrons. The van der Waals surface area contributed by atoms with Crippen molar-refractivity contribution in [2.24, 2.45) is 5.92 Å². The van der Waals surface area contributed by atoms with Crippen LogP contribution in [0.15, 0.2) is 18.2 Å². The van der Waals surface area contributed by atoms with Crippen molar-refractivity contribution < 1.29 is 14.7 Å². The molecular weight excluding hydrogens is 206 g/mol. The molecule has 2 rings (SSSR count). The van der Waals surface area contributed by atoms with E-state index in [0.29, 0.717) is 0 Å². The van der Waals surface area contributed by atoms with Gasteiger partial charge in [-0.05, 0) is 25.5 Å². The van der Waals surface area contributed by atoms with E-state index in [1.165, 1.54) is 4.90 Å². The third-order valence-corrected chi connectivity index (χ3v) is 2.87. The van der Waals surface area contributed by atoms with Crippen LogP contribution in [0.2, 0.25) is 0 Å². The number of carbonyl (C=O) groups excluding carboxylic acids is 1. The molecule has 4 heteroatoms. The fourth-order valence-corrected chi connectivity index (χ4v) is 1.94. The molecule has 0 aliphatic carbocycles. The number of β-lactam (4-membered cyclic amide) rings is 1. The summed E-state index contributed by atoms with van der Waals surface area (Å²) in [6.07, 6.45) is 0. The highest BCUT2D eigenvalue weighted by atomic mass is 16.4. The number of amides is 1. The first kappa shape index (κ1) is 10.7. The van der Waals surface area contributed by atoms with E-state index < -0.39 is 11.9 Å². The smallest absolute Gasteiger partial charge is 0.317 e. The lowest BCUT2D eigenvalue weighted by molar-refractivity contribution is -0.149. The van der Waals surface area contributed by atoms with E-state index in [1.807, 2.05) is 32.0 Å². The van der Waals surface area contributed by atoms with Gasteiger partial charge in [0.25, 0.3) is 0 Å². The Balaban J connectivity index is 2.22. The van der Waals surface area contributed by atoms with Gasteiger partial charge in [0, 0.05) is 12.2 Å². The molecule has 0 saturated carbocycles. The van der Waals surface area contributed by atoms with Gasteiger partial charge in [-0.3, -0.25) is 9.59 Å². The quantitative estimate of drug-likeness (QED) is 0.603. The number of aliphatic carboxylic acids is 1. The first-order valence-corrected chi connectivity index (χ1v) is 5.12. The van der Waals surface area contributed by atoms with Crippen LogP contribution in [0.25, 0.3) is 0 Å². The normalized spacial score (nSPS) is 19.5. The molecule has 0 spiro atoms. The average molecular weight is 219 g/mol. The Morgan fingerprint density at radius 2 is 2.12 bits per heavy atom. The molecule has 1 fully saturated rings. The third kappa shape index (κ3) is 1.56. The lowest BCUT2D eigenvalue weighted by atomic mass is 9.96. The largest absolute Gasteiger partial charge is 0.481 e. The van der Waals surface area contributed by atoms with E-state index in [1.54, 1.807) is 0 Å². The second-order valence-electron chi connectivity index (χ2n) is 4.13. The average Bonchev–Trinajstić information content (AvgIpc) is 2.18. The summed E-state index contributed by atoms with van der Waals surface area (Å²) < 4.78 is 0. The van der Waals surface area contributed by atoms with Crippen molar-refractivity contribution in [3.8, 4) is 0 Å². The number of hydrogen-bond acceptors (Lipinski definition) is 2. The Morgan fingerprint density at radius 1 is 1.44 bits per heavy atom. The van der Waals surface area contributed by atoms with Gasteiger partial charge in [-0.15, -0.1) is 0 Å². The molecule has 1 aromatic carbocycles. The van der Waals surface area contributed by atoms with E-state index in [0.717, 1.165) is 16.8 Å². The van der Waals surface area contributed by atoms with Crippen molar-refractivity contribution in [2.75, 3.05) is 11.4 Å². The molecule has 1 amide bonds. The molecule has 1 aromatic rings. The van der Waals surface area contributed by atoms with Gasteiger partial charge < -0.3 is 10.0 Å². The van der Waals surface area contributed by atoms with Crippen molar-refractivity contribution in [3.05, 3.63) is 29.3 Å². The number of aryl methyl sites for hydroxylation is 2. The van der Waals surface area contributed by atoms with Gasteiger partial charge >= 0.3 is 5.97 Å². The Bertz CT molecular complexity index is 467. The molecular formula is C12H13NO3. The van der Waals surface area contributed by atoms with E-state index in [9.17, 15) is 9.59 Å². The van der Waals surface area contributed by atoms with Crippen LogP contribution in [0.5, 0.6) is 0 Å². The van der Waals surface area contributed by atoms with Crippen molar-refractivity contribution in [2.45, 2.75) is 13.8 Å². The van der Waals surface area contributed by atoms with Gasteiger partial charge in [-0.25, -0.2) is 0 Å². The summed E-state index contributed by atoms with van der Waals surface area (Å²) in [7, 11) is 0. The number of hydrogen-bond donors (Lipinski definition) is 1. The molecule has 1 N–H and O–H groups in total. The summed E-state index contributed by atoms with van der Waals surface area (Å²) in [5.41, 5.74) is 2.94. The van der Waals surface area contributed by atoms with Gasteiger partial charge in [0.1, 0.15) is 0 Å². The standard InChI is InChI=1S/C12H13NO3/c1-7-3-4-10(8(2)5-7)13-6-9(11(13)14)12(15)16/h3-5,9H,6H2,1-2H3,(H,15,16). The number of carboxylic acid groups (broad SMARTS) is 1. The Morgan fingerprint density at radius 3 is 2.62 bits per heavy atom. The predicted octanol–water partition coefficient (Wildman–Crippen LogP) is 1.35. The fraction of sp³-hybridized carbons (Fsp3) is 0.333. The maximum Gasteiger partial charge on any atom is 0.317 e. The second kappa shape index (κ2) is 3.63. The second-order valence-corrected chi connectivity index (χ2v) is 4.13. The first-order chi connectivity index (χ1) is 7.50. The van der Waals surface area contributed by atoms with Crippen LogP contribution >= 0.6 is 0 Å². The van der Waals surface area contributed by atoms with Crippen LogP contribution in [0.3, 0.4) is 0 Å². The van der Waals surface area contributed by atoms with Crippen LogP contribution in [-0.4, -0.2) is 23.5 Å². The zero-order valence-corrected chi connectivity index (χ0v) is 9.23. The number of carbonyl (C=O) groups is 2. The molecule has 0 bridgehead atoms. The molecule has 0 aromatic heterocycles. The molecule has 1 heterocycles. The molecule has 1 aliphatic heterocycles. The lowest BCUT2D eigenvalue weighted by Gasteiger charge is -2.36. The van der Waals surface area contributed by atoms with Gasteiger partial charge in [0.2, 0.25) is 5.91 Å². The zero-order chi connectivity index (χ0) is 11.9. The van der Waals surface area contributed by atoms with Crippen LogP contribution in [0.4, 0.5) is 5.69 Å². The summed E-state index contributed by atoms with van der Waals surface area (Å²) in [6.45, 7) is 4.18. The summed E-state index contributed by atoms with van der Waals surface area (Å²) in [5, 5.41) is 8.73. The molecule has 0 radical (unpaired) electrons. The summed E-state index contributed by atoms with van der Waals surface area (Å²) in [4.78, 5) is 23.8. The third-order valence-electron chi connectivity index (χ3n) is 2.87. The van der Waals surface area contributed by atoms with Crippen LogP contribution in [0, 0.1) is 19.8 Å². The minimum Gasteiger partial charge on any atom is -0.481 e. The number of rotatable bonds is 2. The Labute approximate surface area is 93.5 Å². The minimum absolute atomic E-state index is 0.276. The SMILES string of the molecule is Cc1ccc(N2CC(C(=O)O)C2=O)c(C)c1. The molecule has 4 nitrogen and oxygen atoms in total. The maximum absolute atomic E-state index is 11.6. The van der Waals surface area contributed by atoms with Gasteiger partial charge in [0.05, 0.1) is 0 Å².